The SMILES string of the molecule is O=C(CCc1ccc(C(F)(F)F)cc1)N[C@H](Cn1nccn1)c1ccccc1. The molecule has 1 heterocycles. The van der Waals surface area contributed by atoms with Gasteiger partial charge in [-0.1, -0.05) is 42.5 Å². The van der Waals surface area contributed by atoms with Crippen LogP contribution in [0.25, 0.3) is 0 Å². The standard InChI is InChI=1S/C20H19F3N4O/c21-20(22,23)17-9-6-15(7-10-17)8-11-19(28)26-18(14-27-24-12-13-25-27)16-4-2-1-3-5-16/h1-7,9-10,12-13,18H,8,11,14H2,(H,26,28)/t18-/m1/s1. The number of nitrogens with one attached hydrogen (secondary N) is 1. The number of benzene rings is 2. The van der Waals surface area contributed by atoms with Gasteiger partial charge in [0.05, 0.1) is 30.5 Å². The molecule has 0 saturated carbocycles. The zero-order chi connectivity index (χ0) is 20.0. The van der Waals surface area contributed by atoms with Crippen LogP contribution in [0, 0.1) is 0 Å². The average molecular weight is 388 g/mol. The summed E-state index contributed by atoms with van der Waals surface area (Å²) in [5.41, 5.74) is 0.896. The van der Waals surface area contributed by atoms with Crippen molar-refractivity contribution in [2.24, 2.45) is 0 Å². The minimum Gasteiger partial charge on any atom is -0.347 e. The third-order valence-corrected chi connectivity index (χ3v) is 4.27. The molecule has 3 aromatic rings. The Kier molecular flexibility index (Phi) is 6.08. The Morgan fingerprint density at radius 3 is 2.25 bits per heavy atom. The number of hydrogen-bond donors (Lipinski definition) is 1. The molecule has 1 aromatic heterocycles. The van der Waals surface area contributed by atoms with Crippen LogP contribution in [-0.2, 0) is 23.9 Å². The number of nitrogens with zero attached hydrogens (tertiary/aromatic N) is 3. The van der Waals surface area contributed by atoms with Crippen molar-refractivity contribution in [2.45, 2.75) is 31.6 Å². The number of alkyl halides is 3. The maximum Gasteiger partial charge on any atom is 0.416 e. The number of carbonyl (C=O) groups is 1. The molecule has 8 heteroatoms. The van der Waals surface area contributed by atoms with E-state index in [1.807, 2.05) is 30.3 Å². The van der Waals surface area contributed by atoms with Gasteiger partial charge in [0.25, 0.3) is 0 Å². The summed E-state index contributed by atoms with van der Waals surface area (Å²) in [6.07, 6.45) is -0.713. The number of halogens is 3. The molecule has 0 bridgehead atoms. The molecule has 5 nitrogen and oxygen atoms in total. The van der Waals surface area contributed by atoms with E-state index in [9.17, 15) is 18.0 Å². The topological polar surface area (TPSA) is 59.8 Å². The third kappa shape index (κ3) is 5.42. The smallest absolute Gasteiger partial charge is 0.347 e. The maximum atomic E-state index is 12.6. The molecule has 0 fully saturated rings. The summed E-state index contributed by atoms with van der Waals surface area (Å²) < 4.78 is 37.9. The first kappa shape index (κ1) is 19.6. The minimum atomic E-state index is -4.36. The molecule has 0 spiro atoms. The quantitative estimate of drug-likeness (QED) is 0.670. The van der Waals surface area contributed by atoms with E-state index in [4.69, 9.17) is 0 Å². The van der Waals surface area contributed by atoms with Crippen molar-refractivity contribution in [1.82, 2.24) is 20.3 Å². The highest BCUT2D eigenvalue weighted by Crippen LogP contribution is 2.29. The molecule has 0 saturated heterocycles. The van der Waals surface area contributed by atoms with Gasteiger partial charge >= 0.3 is 6.18 Å². The molecule has 3 rings (SSSR count). The predicted molar refractivity (Wildman–Crippen MR) is 97.1 cm³/mol. The monoisotopic (exact) mass is 388 g/mol. The largest absolute Gasteiger partial charge is 0.416 e. The van der Waals surface area contributed by atoms with Gasteiger partial charge in [0.2, 0.25) is 5.91 Å². The zero-order valence-corrected chi connectivity index (χ0v) is 14.9. The van der Waals surface area contributed by atoms with E-state index in [1.165, 1.54) is 16.9 Å². The maximum absolute atomic E-state index is 12.6. The Labute approximate surface area is 160 Å². The molecule has 0 aliphatic rings. The average Bonchev–Trinajstić information content (AvgIpc) is 3.19. The summed E-state index contributed by atoms with van der Waals surface area (Å²) >= 11 is 0. The van der Waals surface area contributed by atoms with Gasteiger partial charge in [-0.05, 0) is 29.7 Å². The van der Waals surface area contributed by atoms with E-state index in [0.717, 1.165) is 17.7 Å². The predicted octanol–water partition coefficient (Wildman–Crippen LogP) is 3.79. The Morgan fingerprint density at radius 2 is 1.64 bits per heavy atom. The Balaban J connectivity index is 1.60. The van der Waals surface area contributed by atoms with E-state index in [-0.39, 0.29) is 18.4 Å². The third-order valence-electron chi connectivity index (χ3n) is 4.27. The molecule has 0 aliphatic carbocycles. The molecule has 1 amide bonds. The lowest BCUT2D eigenvalue weighted by molar-refractivity contribution is -0.137. The molecule has 0 aliphatic heterocycles. The fourth-order valence-electron chi connectivity index (χ4n) is 2.81. The van der Waals surface area contributed by atoms with Crippen LogP contribution in [0.15, 0.2) is 67.0 Å². The first-order valence-corrected chi connectivity index (χ1v) is 8.76. The van der Waals surface area contributed by atoms with E-state index in [0.29, 0.717) is 18.5 Å². The van der Waals surface area contributed by atoms with Gasteiger partial charge in [-0.15, -0.1) is 0 Å². The molecular weight excluding hydrogens is 369 g/mol. The van der Waals surface area contributed by atoms with Gasteiger partial charge in [-0.25, -0.2) is 0 Å². The fourth-order valence-corrected chi connectivity index (χ4v) is 2.81. The molecule has 2 aromatic carbocycles. The molecular formula is C20H19F3N4O. The van der Waals surface area contributed by atoms with Crippen molar-refractivity contribution >= 4 is 5.91 Å². The normalized spacial score (nSPS) is 12.5. The van der Waals surface area contributed by atoms with Gasteiger partial charge in [0, 0.05) is 6.42 Å². The molecule has 0 radical (unpaired) electrons. The van der Waals surface area contributed by atoms with Crippen molar-refractivity contribution in [2.75, 3.05) is 0 Å². The number of aryl methyl sites for hydroxylation is 1. The van der Waals surface area contributed by atoms with Crippen molar-refractivity contribution < 1.29 is 18.0 Å². The van der Waals surface area contributed by atoms with Crippen LogP contribution in [0.2, 0.25) is 0 Å². The molecule has 1 atom stereocenters. The number of hydrogen-bond acceptors (Lipinski definition) is 3. The van der Waals surface area contributed by atoms with Crippen molar-refractivity contribution in [3.8, 4) is 0 Å². The zero-order valence-electron chi connectivity index (χ0n) is 14.9. The van der Waals surface area contributed by atoms with Crippen molar-refractivity contribution in [3.05, 3.63) is 83.7 Å². The van der Waals surface area contributed by atoms with Gasteiger partial charge < -0.3 is 5.32 Å². The molecule has 146 valence electrons. The molecule has 28 heavy (non-hydrogen) atoms. The highest BCUT2D eigenvalue weighted by Gasteiger charge is 2.29. The number of aromatic nitrogens is 3. The van der Waals surface area contributed by atoms with Gasteiger partial charge in [0.15, 0.2) is 0 Å². The van der Waals surface area contributed by atoms with Gasteiger partial charge in [0.1, 0.15) is 0 Å². The lowest BCUT2D eigenvalue weighted by Crippen LogP contribution is -2.32. The van der Waals surface area contributed by atoms with E-state index >= 15 is 0 Å². The van der Waals surface area contributed by atoms with Crippen LogP contribution in [0.5, 0.6) is 0 Å². The van der Waals surface area contributed by atoms with E-state index in [2.05, 4.69) is 15.5 Å². The van der Waals surface area contributed by atoms with Crippen molar-refractivity contribution in [1.29, 1.82) is 0 Å². The fraction of sp³-hybridized carbons (Fsp3) is 0.250. The van der Waals surface area contributed by atoms with E-state index < -0.39 is 11.7 Å². The summed E-state index contributed by atoms with van der Waals surface area (Å²) in [7, 11) is 0. The number of carbonyl (C=O) groups excluding carboxylic acids is 1. The van der Waals surface area contributed by atoms with Crippen LogP contribution in [-0.4, -0.2) is 20.9 Å². The second-order valence-electron chi connectivity index (χ2n) is 6.31. The summed E-state index contributed by atoms with van der Waals surface area (Å²) in [6.45, 7) is 0.378. The first-order valence-electron chi connectivity index (χ1n) is 8.76. The van der Waals surface area contributed by atoms with Crippen molar-refractivity contribution in [3.63, 3.8) is 0 Å². The lowest BCUT2D eigenvalue weighted by atomic mass is 10.0. The van der Waals surface area contributed by atoms with Crippen LogP contribution < -0.4 is 5.32 Å². The van der Waals surface area contributed by atoms with Crippen LogP contribution in [0.3, 0.4) is 0 Å². The highest BCUT2D eigenvalue weighted by atomic mass is 19.4. The van der Waals surface area contributed by atoms with Crippen LogP contribution in [0.4, 0.5) is 13.2 Å². The minimum absolute atomic E-state index is 0.168. The summed E-state index contributed by atoms with van der Waals surface area (Å²) in [6, 6.07) is 14.0. The molecule has 1 N–H and O–H groups in total. The van der Waals surface area contributed by atoms with Crippen LogP contribution in [0.1, 0.15) is 29.2 Å². The van der Waals surface area contributed by atoms with E-state index in [1.54, 1.807) is 12.4 Å². The van der Waals surface area contributed by atoms with Gasteiger partial charge in [-0.3, -0.25) is 4.79 Å². The first-order chi connectivity index (χ1) is 13.4. The van der Waals surface area contributed by atoms with Crippen LogP contribution >= 0.6 is 0 Å². The summed E-state index contributed by atoms with van der Waals surface area (Å²) in [4.78, 5) is 13.9. The Hall–Kier alpha value is -3.16. The number of rotatable bonds is 7. The second-order valence-corrected chi connectivity index (χ2v) is 6.31. The Bertz CT molecular complexity index is 878. The summed E-state index contributed by atoms with van der Waals surface area (Å²) in [5.74, 6) is -0.194. The lowest BCUT2D eigenvalue weighted by Gasteiger charge is -2.19. The second kappa shape index (κ2) is 8.69. The summed E-state index contributed by atoms with van der Waals surface area (Å²) in [5, 5.41) is 11.1. The Morgan fingerprint density at radius 1 is 1.00 bits per heavy atom. The van der Waals surface area contributed by atoms with Gasteiger partial charge in [-0.2, -0.15) is 28.2 Å². The number of amides is 1. The highest BCUT2D eigenvalue weighted by molar-refractivity contribution is 5.76. The molecule has 0 unspecified atom stereocenters.